The molecule has 0 bridgehead atoms. The summed E-state index contributed by atoms with van der Waals surface area (Å²) in [6, 6.07) is 6.01. The molecular weight excluding hydrogens is 304 g/mol. The maximum absolute atomic E-state index is 13.7. The fraction of sp³-hybridized carbons (Fsp3) is 0.154. The van der Waals surface area contributed by atoms with Gasteiger partial charge in [-0.25, -0.2) is 8.78 Å². The maximum Gasteiger partial charge on any atom is 0.165 e. The number of aliphatic hydroxyl groups excluding tert-OH is 1. The van der Waals surface area contributed by atoms with E-state index in [0.717, 1.165) is 4.47 Å². The Balaban J connectivity index is 2.43. The molecule has 0 saturated carbocycles. The van der Waals surface area contributed by atoms with Crippen LogP contribution in [0.2, 0.25) is 0 Å². The first-order chi connectivity index (χ1) is 8.50. The quantitative estimate of drug-likeness (QED) is 0.920. The highest BCUT2D eigenvalue weighted by Gasteiger charge is 2.19. The number of aromatic nitrogens is 1. The fourth-order valence-electron chi connectivity index (χ4n) is 1.58. The summed E-state index contributed by atoms with van der Waals surface area (Å²) >= 11 is 3.21. The summed E-state index contributed by atoms with van der Waals surface area (Å²) in [5.41, 5.74) is 0.348. The van der Waals surface area contributed by atoms with E-state index in [2.05, 4.69) is 20.9 Å². The molecule has 1 aromatic carbocycles. The van der Waals surface area contributed by atoms with Gasteiger partial charge in [-0.3, -0.25) is 4.98 Å². The molecule has 1 unspecified atom stereocenters. The van der Waals surface area contributed by atoms with Crippen molar-refractivity contribution in [3.8, 4) is 0 Å². The van der Waals surface area contributed by atoms with Crippen LogP contribution in [0, 0.1) is 18.6 Å². The average Bonchev–Trinajstić information content (AvgIpc) is 2.36. The van der Waals surface area contributed by atoms with Crippen molar-refractivity contribution in [1.29, 1.82) is 0 Å². The van der Waals surface area contributed by atoms with Gasteiger partial charge in [-0.05, 0) is 40.5 Å². The summed E-state index contributed by atoms with van der Waals surface area (Å²) in [6.45, 7) is 1.46. The minimum absolute atomic E-state index is 0.118. The highest BCUT2D eigenvalue weighted by Crippen LogP contribution is 2.26. The third kappa shape index (κ3) is 2.42. The van der Waals surface area contributed by atoms with Gasteiger partial charge < -0.3 is 5.11 Å². The first kappa shape index (κ1) is 13.1. The van der Waals surface area contributed by atoms with Crippen molar-refractivity contribution in [3.05, 3.63) is 63.4 Å². The lowest BCUT2D eigenvalue weighted by atomic mass is 10.0. The molecule has 18 heavy (non-hydrogen) atoms. The molecule has 2 nitrogen and oxygen atoms in total. The Kier molecular flexibility index (Phi) is 3.73. The SMILES string of the molecule is Cc1ccc(C(O)c2ccc(Br)cn2)c(F)c1F. The summed E-state index contributed by atoms with van der Waals surface area (Å²) in [6.07, 6.45) is 0.203. The van der Waals surface area contributed by atoms with E-state index in [1.54, 1.807) is 12.1 Å². The summed E-state index contributed by atoms with van der Waals surface area (Å²) in [4.78, 5) is 3.96. The lowest BCUT2D eigenvalue weighted by Gasteiger charge is -2.12. The molecular formula is C13H10BrF2NO. The molecule has 0 radical (unpaired) electrons. The first-order valence-corrected chi connectivity index (χ1v) is 6.04. The third-order valence-corrected chi connectivity index (χ3v) is 3.10. The van der Waals surface area contributed by atoms with E-state index in [0.29, 0.717) is 0 Å². The normalized spacial score (nSPS) is 12.5. The predicted octanol–water partition coefficient (Wildman–Crippen LogP) is 3.51. The molecule has 2 rings (SSSR count). The topological polar surface area (TPSA) is 33.1 Å². The van der Waals surface area contributed by atoms with E-state index in [9.17, 15) is 13.9 Å². The number of aryl methyl sites for hydroxylation is 1. The van der Waals surface area contributed by atoms with Gasteiger partial charge in [-0.2, -0.15) is 0 Å². The summed E-state index contributed by atoms with van der Waals surface area (Å²) in [5, 5.41) is 9.99. The molecule has 2 aromatic rings. The number of halogens is 3. The van der Waals surface area contributed by atoms with Crippen LogP contribution < -0.4 is 0 Å². The Morgan fingerprint density at radius 2 is 1.89 bits per heavy atom. The van der Waals surface area contributed by atoms with Crippen molar-refractivity contribution in [2.75, 3.05) is 0 Å². The van der Waals surface area contributed by atoms with Crippen molar-refractivity contribution >= 4 is 15.9 Å². The van der Waals surface area contributed by atoms with Crippen molar-refractivity contribution in [3.63, 3.8) is 0 Å². The van der Waals surface area contributed by atoms with Gasteiger partial charge in [0, 0.05) is 16.2 Å². The van der Waals surface area contributed by atoms with E-state index in [-0.39, 0.29) is 16.8 Å². The van der Waals surface area contributed by atoms with Gasteiger partial charge in [-0.1, -0.05) is 12.1 Å². The van der Waals surface area contributed by atoms with E-state index in [1.165, 1.54) is 25.3 Å². The predicted molar refractivity (Wildman–Crippen MR) is 67.1 cm³/mol. The lowest BCUT2D eigenvalue weighted by molar-refractivity contribution is 0.208. The second kappa shape index (κ2) is 5.12. The zero-order valence-corrected chi connectivity index (χ0v) is 11.1. The molecule has 1 heterocycles. The summed E-state index contributed by atoms with van der Waals surface area (Å²) in [5.74, 6) is -1.98. The second-order valence-corrected chi connectivity index (χ2v) is 4.82. The van der Waals surface area contributed by atoms with Gasteiger partial charge in [0.25, 0.3) is 0 Å². The van der Waals surface area contributed by atoms with E-state index < -0.39 is 17.7 Å². The Bertz CT molecular complexity index is 572. The minimum Gasteiger partial charge on any atom is -0.382 e. The zero-order chi connectivity index (χ0) is 13.3. The van der Waals surface area contributed by atoms with Crippen LogP contribution in [0.1, 0.15) is 22.9 Å². The number of hydrogen-bond donors (Lipinski definition) is 1. The number of pyridine rings is 1. The molecule has 94 valence electrons. The smallest absolute Gasteiger partial charge is 0.165 e. The van der Waals surface area contributed by atoms with Crippen molar-refractivity contribution < 1.29 is 13.9 Å². The monoisotopic (exact) mass is 313 g/mol. The number of hydrogen-bond acceptors (Lipinski definition) is 2. The van der Waals surface area contributed by atoms with Gasteiger partial charge in [0.2, 0.25) is 0 Å². The Morgan fingerprint density at radius 1 is 1.17 bits per heavy atom. The largest absolute Gasteiger partial charge is 0.382 e. The van der Waals surface area contributed by atoms with Crippen LogP contribution >= 0.6 is 15.9 Å². The molecule has 1 atom stereocenters. The Hall–Kier alpha value is -1.33. The molecule has 0 aliphatic rings. The number of benzene rings is 1. The number of aliphatic hydroxyl groups is 1. The van der Waals surface area contributed by atoms with Crippen LogP contribution in [0.5, 0.6) is 0 Å². The summed E-state index contributed by atoms with van der Waals surface area (Å²) in [7, 11) is 0. The van der Waals surface area contributed by atoms with Crippen molar-refractivity contribution in [2.45, 2.75) is 13.0 Å². The van der Waals surface area contributed by atoms with Gasteiger partial charge in [0.05, 0.1) is 5.69 Å². The second-order valence-electron chi connectivity index (χ2n) is 3.90. The van der Waals surface area contributed by atoms with E-state index in [1.807, 2.05) is 0 Å². The third-order valence-electron chi connectivity index (χ3n) is 2.63. The van der Waals surface area contributed by atoms with Gasteiger partial charge in [0.15, 0.2) is 11.6 Å². The molecule has 0 spiro atoms. The van der Waals surface area contributed by atoms with Crippen LogP contribution in [-0.2, 0) is 0 Å². The Morgan fingerprint density at radius 3 is 2.50 bits per heavy atom. The molecule has 0 saturated heterocycles. The maximum atomic E-state index is 13.7. The van der Waals surface area contributed by atoms with Crippen molar-refractivity contribution in [1.82, 2.24) is 4.98 Å². The van der Waals surface area contributed by atoms with Crippen LogP contribution in [0.15, 0.2) is 34.9 Å². The van der Waals surface area contributed by atoms with Gasteiger partial charge in [-0.15, -0.1) is 0 Å². The average molecular weight is 314 g/mol. The van der Waals surface area contributed by atoms with Crippen LogP contribution in [0.4, 0.5) is 8.78 Å². The molecule has 0 fully saturated rings. The lowest BCUT2D eigenvalue weighted by Crippen LogP contribution is -2.06. The molecule has 0 amide bonds. The minimum atomic E-state index is -1.28. The van der Waals surface area contributed by atoms with Crippen LogP contribution in [0.25, 0.3) is 0 Å². The number of nitrogens with zero attached hydrogens (tertiary/aromatic N) is 1. The van der Waals surface area contributed by atoms with Gasteiger partial charge in [0.1, 0.15) is 6.10 Å². The van der Waals surface area contributed by atoms with Crippen LogP contribution in [0.3, 0.4) is 0 Å². The highest BCUT2D eigenvalue weighted by atomic mass is 79.9. The number of rotatable bonds is 2. The standard InChI is InChI=1S/C13H10BrF2NO/c1-7-2-4-9(12(16)11(7)15)13(18)10-5-3-8(14)6-17-10/h2-6,13,18H,1H3. The molecule has 1 aromatic heterocycles. The highest BCUT2D eigenvalue weighted by molar-refractivity contribution is 9.10. The molecule has 0 aliphatic carbocycles. The van der Waals surface area contributed by atoms with E-state index >= 15 is 0 Å². The molecule has 5 heteroatoms. The Labute approximate surface area is 111 Å². The van der Waals surface area contributed by atoms with Crippen LogP contribution in [-0.4, -0.2) is 10.1 Å². The zero-order valence-electron chi connectivity index (χ0n) is 9.49. The summed E-state index contributed by atoms with van der Waals surface area (Å²) < 4.78 is 27.9. The van der Waals surface area contributed by atoms with Crippen molar-refractivity contribution in [2.24, 2.45) is 0 Å². The fourth-order valence-corrected chi connectivity index (χ4v) is 1.81. The van der Waals surface area contributed by atoms with Gasteiger partial charge >= 0.3 is 0 Å². The first-order valence-electron chi connectivity index (χ1n) is 5.24. The molecule has 1 N–H and O–H groups in total. The van der Waals surface area contributed by atoms with E-state index in [4.69, 9.17) is 0 Å². The molecule has 0 aliphatic heterocycles.